The zero-order chi connectivity index (χ0) is 15.0. The lowest BCUT2D eigenvalue weighted by Crippen LogP contribution is -2.49. The molecule has 2 atom stereocenters. The quantitative estimate of drug-likeness (QED) is 0.598. The number of nitrogens with one attached hydrogen (secondary N) is 1. The maximum Gasteiger partial charge on any atom is 0.326 e. The van der Waals surface area contributed by atoms with Crippen LogP contribution in [0.1, 0.15) is 39.5 Å². The van der Waals surface area contributed by atoms with Crippen molar-refractivity contribution in [3.05, 3.63) is 0 Å². The third-order valence-electron chi connectivity index (χ3n) is 2.96. The molecule has 0 aliphatic rings. The van der Waals surface area contributed by atoms with Crippen LogP contribution in [0.5, 0.6) is 0 Å². The molecule has 0 saturated heterocycles. The van der Waals surface area contributed by atoms with Crippen molar-refractivity contribution in [1.82, 2.24) is 10.2 Å². The van der Waals surface area contributed by atoms with Crippen LogP contribution in [0.25, 0.3) is 0 Å². The van der Waals surface area contributed by atoms with Gasteiger partial charge in [-0.15, -0.1) is 0 Å². The van der Waals surface area contributed by atoms with Crippen LogP contribution in [-0.4, -0.2) is 47.0 Å². The molecule has 110 valence electrons. The zero-order valence-electron chi connectivity index (χ0n) is 11.7. The molecule has 0 saturated carbocycles. The molecule has 0 aromatic heterocycles. The van der Waals surface area contributed by atoms with E-state index in [0.29, 0.717) is 0 Å². The summed E-state index contributed by atoms with van der Waals surface area (Å²) in [4.78, 5) is 34.9. The highest BCUT2D eigenvalue weighted by molar-refractivity contribution is 5.83. The Hall–Kier alpha value is -1.79. The van der Waals surface area contributed by atoms with Gasteiger partial charge < -0.3 is 21.1 Å². The Balaban J connectivity index is 4.45. The molecule has 0 aromatic carbocycles. The first-order valence-electron chi connectivity index (χ1n) is 6.34. The maximum absolute atomic E-state index is 11.9. The second-order valence-corrected chi connectivity index (χ2v) is 4.59. The summed E-state index contributed by atoms with van der Waals surface area (Å²) in [7, 11) is 1.61. The van der Waals surface area contributed by atoms with Gasteiger partial charge >= 0.3 is 12.0 Å². The summed E-state index contributed by atoms with van der Waals surface area (Å²) in [5, 5.41) is 11.4. The highest BCUT2D eigenvalue weighted by Gasteiger charge is 2.23. The van der Waals surface area contributed by atoms with Gasteiger partial charge in [0.15, 0.2) is 0 Å². The molecule has 1 unspecified atom stereocenters. The molecule has 0 radical (unpaired) electrons. The normalized spacial score (nSPS) is 13.4. The monoisotopic (exact) mass is 273 g/mol. The van der Waals surface area contributed by atoms with Crippen LogP contribution in [0.2, 0.25) is 0 Å². The molecule has 0 heterocycles. The Morgan fingerprint density at radius 1 is 1.32 bits per heavy atom. The molecule has 0 rings (SSSR count). The molecule has 7 heteroatoms. The number of carboxylic acids is 1. The van der Waals surface area contributed by atoms with Crippen molar-refractivity contribution in [2.45, 2.75) is 51.6 Å². The van der Waals surface area contributed by atoms with Gasteiger partial charge in [-0.3, -0.25) is 4.79 Å². The number of nitrogens with two attached hydrogens (primary N) is 1. The highest BCUT2D eigenvalue weighted by atomic mass is 16.4. The molecule has 0 aromatic rings. The Morgan fingerprint density at radius 2 is 1.89 bits per heavy atom. The number of primary amides is 1. The van der Waals surface area contributed by atoms with Crippen molar-refractivity contribution >= 4 is 17.9 Å². The highest BCUT2D eigenvalue weighted by Crippen LogP contribution is 2.05. The molecule has 0 aliphatic heterocycles. The zero-order valence-corrected chi connectivity index (χ0v) is 11.7. The predicted molar refractivity (Wildman–Crippen MR) is 70.5 cm³/mol. The van der Waals surface area contributed by atoms with Crippen molar-refractivity contribution < 1.29 is 19.5 Å². The van der Waals surface area contributed by atoms with Crippen molar-refractivity contribution in [3.63, 3.8) is 0 Å². The molecular formula is C12H23N3O4. The molecular weight excluding hydrogens is 250 g/mol. The standard InChI is InChI=1S/C12H23N3O4/c1-4-5-8(2)15(3)12(19)14-9(11(17)18)6-7-10(13)16/h8-9H,4-7H2,1-3H3,(H2,13,16)(H,14,19)(H,17,18)/t8?,9-/m0/s1. The minimum absolute atomic E-state index is 0.00753. The van der Waals surface area contributed by atoms with E-state index in [0.717, 1.165) is 12.8 Å². The van der Waals surface area contributed by atoms with E-state index in [1.54, 1.807) is 7.05 Å². The fourth-order valence-corrected chi connectivity index (χ4v) is 1.61. The number of hydrogen-bond donors (Lipinski definition) is 3. The summed E-state index contributed by atoms with van der Waals surface area (Å²) in [6.07, 6.45) is 1.68. The first kappa shape index (κ1) is 17.2. The summed E-state index contributed by atoms with van der Waals surface area (Å²) in [5.74, 6) is -1.76. The Morgan fingerprint density at radius 3 is 2.32 bits per heavy atom. The number of amides is 3. The second kappa shape index (κ2) is 8.34. The molecule has 7 nitrogen and oxygen atoms in total. The van der Waals surface area contributed by atoms with Crippen LogP contribution in [0.3, 0.4) is 0 Å². The van der Waals surface area contributed by atoms with Crippen molar-refractivity contribution in [1.29, 1.82) is 0 Å². The Bertz CT molecular complexity index is 333. The topological polar surface area (TPSA) is 113 Å². The first-order valence-corrected chi connectivity index (χ1v) is 6.34. The van der Waals surface area contributed by atoms with Crippen molar-refractivity contribution in [2.24, 2.45) is 5.73 Å². The van der Waals surface area contributed by atoms with Gasteiger partial charge in [0.25, 0.3) is 0 Å². The molecule has 0 aliphatic carbocycles. The third kappa shape index (κ3) is 6.64. The number of aliphatic carboxylic acids is 1. The lowest BCUT2D eigenvalue weighted by molar-refractivity contribution is -0.139. The minimum Gasteiger partial charge on any atom is -0.480 e. The maximum atomic E-state index is 11.9. The van der Waals surface area contributed by atoms with E-state index >= 15 is 0 Å². The average Bonchev–Trinajstić information content (AvgIpc) is 2.32. The van der Waals surface area contributed by atoms with E-state index in [9.17, 15) is 14.4 Å². The van der Waals surface area contributed by atoms with Gasteiger partial charge in [0.2, 0.25) is 5.91 Å². The van der Waals surface area contributed by atoms with Crippen LogP contribution in [0.15, 0.2) is 0 Å². The summed E-state index contributed by atoms with van der Waals surface area (Å²) in [6.45, 7) is 3.90. The van der Waals surface area contributed by atoms with E-state index in [1.165, 1.54) is 4.90 Å². The summed E-state index contributed by atoms with van der Waals surface area (Å²) in [5.41, 5.74) is 4.96. The van der Waals surface area contributed by atoms with E-state index in [1.807, 2.05) is 13.8 Å². The number of nitrogens with zero attached hydrogens (tertiary/aromatic N) is 1. The SMILES string of the molecule is CCCC(C)N(C)C(=O)N[C@@H](CCC(N)=O)C(=O)O. The van der Waals surface area contributed by atoms with Crippen molar-refractivity contribution in [3.8, 4) is 0 Å². The third-order valence-corrected chi connectivity index (χ3v) is 2.96. The van der Waals surface area contributed by atoms with E-state index in [-0.39, 0.29) is 18.9 Å². The number of hydrogen-bond acceptors (Lipinski definition) is 3. The Kier molecular flexibility index (Phi) is 7.55. The van der Waals surface area contributed by atoms with E-state index in [4.69, 9.17) is 10.8 Å². The van der Waals surface area contributed by atoms with Gasteiger partial charge in [0, 0.05) is 19.5 Å². The summed E-state index contributed by atoms with van der Waals surface area (Å²) >= 11 is 0. The van der Waals surface area contributed by atoms with Crippen LogP contribution >= 0.6 is 0 Å². The Labute approximate surface area is 113 Å². The molecule has 0 fully saturated rings. The molecule has 0 bridgehead atoms. The van der Waals surface area contributed by atoms with Gasteiger partial charge in [-0.05, 0) is 19.8 Å². The lowest BCUT2D eigenvalue weighted by atomic mass is 10.1. The number of carbonyl (C=O) groups is 3. The van der Waals surface area contributed by atoms with Crippen molar-refractivity contribution in [2.75, 3.05) is 7.05 Å². The van der Waals surface area contributed by atoms with Gasteiger partial charge in [0.1, 0.15) is 6.04 Å². The van der Waals surface area contributed by atoms with Crippen LogP contribution < -0.4 is 11.1 Å². The van der Waals surface area contributed by atoms with Gasteiger partial charge in [-0.1, -0.05) is 13.3 Å². The van der Waals surface area contributed by atoms with Gasteiger partial charge in [-0.25, -0.2) is 9.59 Å². The lowest BCUT2D eigenvalue weighted by Gasteiger charge is -2.26. The van der Waals surface area contributed by atoms with E-state index < -0.39 is 23.9 Å². The van der Waals surface area contributed by atoms with Crippen LogP contribution in [0, 0.1) is 0 Å². The van der Waals surface area contributed by atoms with Crippen LogP contribution in [0.4, 0.5) is 4.79 Å². The fraction of sp³-hybridized carbons (Fsp3) is 0.750. The minimum atomic E-state index is -1.17. The first-order chi connectivity index (χ1) is 8.79. The second-order valence-electron chi connectivity index (χ2n) is 4.59. The largest absolute Gasteiger partial charge is 0.480 e. The molecule has 4 N–H and O–H groups in total. The smallest absolute Gasteiger partial charge is 0.326 e. The van der Waals surface area contributed by atoms with E-state index in [2.05, 4.69) is 5.32 Å². The van der Waals surface area contributed by atoms with Gasteiger partial charge in [-0.2, -0.15) is 0 Å². The molecule has 0 spiro atoms. The number of carboxylic acid groups (broad SMARTS) is 1. The summed E-state index contributed by atoms with van der Waals surface area (Å²) in [6, 6.07) is -1.54. The predicted octanol–water partition coefficient (Wildman–Crippen LogP) is 0.535. The average molecular weight is 273 g/mol. The summed E-state index contributed by atoms with van der Waals surface area (Å²) < 4.78 is 0. The number of urea groups is 1. The number of rotatable bonds is 8. The molecule has 3 amide bonds. The fourth-order valence-electron chi connectivity index (χ4n) is 1.61. The van der Waals surface area contributed by atoms with Crippen LogP contribution in [-0.2, 0) is 9.59 Å². The molecule has 19 heavy (non-hydrogen) atoms. The number of carbonyl (C=O) groups excluding carboxylic acids is 2. The van der Waals surface area contributed by atoms with Gasteiger partial charge in [0.05, 0.1) is 0 Å².